The minimum Gasteiger partial charge on any atom is -0.491 e. The van der Waals surface area contributed by atoms with Crippen molar-refractivity contribution in [2.24, 2.45) is 0 Å². The highest BCUT2D eigenvalue weighted by Crippen LogP contribution is 2.31. The first-order valence-corrected chi connectivity index (χ1v) is 8.57. The molecule has 3 aromatic rings. The summed E-state index contributed by atoms with van der Waals surface area (Å²) in [6.07, 6.45) is 0.686. The number of hydrogen-bond donors (Lipinski definition) is 0. The SMILES string of the molecule is Cc1nc2n([n+]1-c1c(Cl)cc(Cl)cc1Cl)-c1ccccc1OCC2. The van der Waals surface area contributed by atoms with Crippen LogP contribution in [-0.4, -0.2) is 16.3 Å². The Balaban J connectivity index is 2.07. The van der Waals surface area contributed by atoms with Gasteiger partial charge in [-0.05, 0) is 29.2 Å². The molecule has 2 heterocycles. The van der Waals surface area contributed by atoms with Gasteiger partial charge in [-0.2, -0.15) is 0 Å². The maximum Gasteiger partial charge on any atom is 0.322 e. The monoisotopic (exact) mass is 380 g/mol. The lowest BCUT2D eigenvalue weighted by molar-refractivity contribution is -0.682. The Bertz CT molecular complexity index is 929. The summed E-state index contributed by atoms with van der Waals surface area (Å²) in [7, 11) is 0. The minimum atomic E-state index is 0.464. The number of nitrogens with zero attached hydrogens (tertiary/aromatic N) is 3. The maximum atomic E-state index is 6.45. The number of benzene rings is 2. The summed E-state index contributed by atoms with van der Waals surface area (Å²) in [5.74, 6) is 2.47. The van der Waals surface area contributed by atoms with Crippen LogP contribution in [0.4, 0.5) is 0 Å². The molecule has 0 aliphatic carbocycles. The van der Waals surface area contributed by atoms with E-state index in [1.165, 1.54) is 0 Å². The molecule has 122 valence electrons. The number of fused-ring (bicyclic) bond motifs is 3. The molecule has 0 N–H and O–H groups in total. The molecule has 0 atom stereocenters. The molecule has 24 heavy (non-hydrogen) atoms. The fourth-order valence-corrected chi connectivity index (χ4v) is 3.93. The molecule has 0 spiro atoms. The third kappa shape index (κ3) is 2.46. The van der Waals surface area contributed by atoms with Crippen LogP contribution in [0.15, 0.2) is 36.4 Å². The van der Waals surface area contributed by atoms with Gasteiger partial charge < -0.3 is 4.74 Å². The van der Waals surface area contributed by atoms with Gasteiger partial charge in [0.25, 0.3) is 5.82 Å². The number of aryl methyl sites for hydroxylation is 1. The highest BCUT2D eigenvalue weighted by molar-refractivity contribution is 6.40. The first-order chi connectivity index (χ1) is 11.6. The van der Waals surface area contributed by atoms with Gasteiger partial charge in [-0.15, -0.1) is 9.36 Å². The van der Waals surface area contributed by atoms with E-state index < -0.39 is 0 Å². The zero-order valence-electron chi connectivity index (χ0n) is 12.8. The van der Waals surface area contributed by atoms with E-state index in [1.807, 2.05) is 40.6 Å². The van der Waals surface area contributed by atoms with Gasteiger partial charge in [0.05, 0.1) is 23.1 Å². The van der Waals surface area contributed by atoms with E-state index in [0.717, 1.165) is 23.1 Å². The van der Waals surface area contributed by atoms with Crippen molar-refractivity contribution in [2.45, 2.75) is 13.3 Å². The first-order valence-electron chi connectivity index (χ1n) is 7.44. The number of hydrogen-bond acceptors (Lipinski definition) is 2. The lowest BCUT2D eigenvalue weighted by atomic mass is 10.3. The normalized spacial score (nSPS) is 13.0. The Morgan fingerprint density at radius 3 is 2.58 bits per heavy atom. The Hall–Kier alpha value is -1.75. The van der Waals surface area contributed by atoms with Crippen molar-refractivity contribution in [1.82, 2.24) is 9.67 Å². The van der Waals surface area contributed by atoms with Crippen molar-refractivity contribution in [3.05, 3.63) is 63.1 Å². The number of aromatic nitrogens is 3. The van der Waals surface area contributed by atoms with E-state index in [4.69, 9.17) is 39.5 Å². The first kappa shape index (κ1) is 15.8. The lowest BCUT2D eigenvalue weighted by Crippen LogP contribution is -2.43. The predicted octanol–water partition coefficient (Wildman–Crippen LogP) is 4.35. The molecule has 0 radical (unpaired) electrons. The van der Waals surface area contributed by atoms with Crippen LogP contribution in [0.5, 0.6) is 5.75 Å². The third-order valence-electron chi connectivity index (χ3n) is 3.91. The van der Waals surface area contributed by atoms with Crippen LogP contribution in [0.3, 0.4) is 0 Å². The predicted molar refractivity (Wildman–Crippen MR) is 94.1 cm³/mol. The molecule has 4 nitrogen and oxygen atoms in total. The van der Waals surface area contributed by atoms with Gasteiger partial charge in [0.2, 0.25) is 0 Å². The van der Waals surface area contributed by atoms with Crippen LogP contribution in [0.2, 0.25) is 15.1 Å². The Morgan fingerprint density at radius 2 is 1.83 bits per heavy atom. The van der Waals surface area contributed by atoms with Crippen molar-refractivity contribution in [3.63, 3.8) is 0 Å². The second-order valence-electron chi connectivity index (χ2n) is 5.48. The fourth-order valence-electron chi connectivity index (χ4n) is 2.96. The van der Waals surface area contributed by atoms with Crippen molar-refractivity contribution >= 4 is 34.8 Å². The van der Waals surface area contributed by atoms with Crippen molar-refractivity contribution in [3.8, 4) is 17.1 Å². The van der Waals surface area contributed by atoms with Gasteiger partial charge in [-0.1, -0.05) is 46.9 Å². The van der Waals surface area contributed by atoms with Crippen molar-refractivity contribution in [2.75, 3.05) is 6.61 Å². The highest BCUT2D eigenvalue weighted by atomic mass is 35.5. The zero-order chi connectivity index (χ0) is 16.8. The molecule has 4 rings (SSSR count). The topological polar surface area (TPSA) is 30.9 Å². The molecule has 0 bridgehead atoms. The lowest BCUT2D eigenvalue weighted by Gasteiger charge is -2.11. The standard InChI is InChI=1S/C17H13Cl3N3O/c1-10-21-16-6-7-24-15-5-3-2-4-14(15)23(16)22(10)17-12(19)8-11(18)9-13(17)20/h2-5,8-9H,6-7H2,1H3/q+1. The van der Waals surface area contributed by atoms with E-state index >= 15 is 0 Å². The average Bonchev–Trinajstić information content (AvgIpc) is 2.73. The van der Waals surface area contributed by atoms with Crippen LogP contribution >= 0.6 is 34.8 Å². The summed E-state index contributed by atoms with van der Waals surface area (Å²) < 4.78 is 9.74. The molecule has 1 aromatic heterocycles. The van der Waals surface area contributed by atoms with Crippen LogP contribution in [0.1, 0.15) is 11.6 Å². The Kier molecular flexibility index (Phi) is 3.91. The zero-order valence-corrected chi connectivity index (χ0v) is 15.0. The van der Waals surface area contributed by atoms with Gasteiger partial charge in [0.1, 0.15) is 11.4 Å². The number of rotatable bonds is 1. The minimum absolute atomic E-state index is 0.464. The summed E-state index contributed by atoms with van der Waals surface area (Å²) in [6, 6.07) is 11.2. The van der Waals surface area contributed by atoms with Crippen LogP contribution < -0.4 is 9.42 Å². The molecule has 2 aromatic carbocycles. The number of ether oxygens (including phenoxy) is 1. The summed E-state index contributed by atoms with van der Waals surface area (Å²) in [4.78, 5) is 4.69. The molecule has 1 aliphatic rings. The highest BCUT2D eigenvalue weighted by Gasteiger charge is 2.31. The third-order valence-corrected chi connectivity index (χ3v) is 4.71. The Labute approximate surface area is 154 Å². The van der Waals surface area contributed by atoms with Gasteiger partial charge in [0.15, 0.2) is 5.69 Å². The van der Waals surface area contributed by atoms with Crippen LogP contribution in [0, 0.1) is 6.92 Å². The molecule has 0 fully saturated rings. The van der Waals surface area contributed by atoms with Gasteiger partial charge in [-0.25, -0.2) is 0 Å². The molecule has 0 saturated carbocycles. The second kappa shape index (κ2) is 5.96. The Morgan fingerprint density at radius 1 is 1.12 bits per heavy atom. The largest absolute Gasteiger partial charge is 0.491 e. The molecular weight excluding hydrogens is 369 g/mol. The van der Waals surface area contributed by atoms with Crippen LogP contribution in [0.25, 0.3) is 11.4 Å². The van der Waals surface area contributed by atoms with E-state index in [0.29, 0.717) is 33.8 Å². The smallest absolute Gasteiger partial charge is 0.322 e. The van der Waals surface area contributed by atoms with Gasteiger partial charge >= 0.3 is 5.82 Å². The molecule has 0 unspecified atom stereocenters. The molecule has 7 heteroatoms. The van der Waals surface area contributed by atoms with Crippen LogP contribution in [-0.2, 0) is 6.42 Å². The summed E-state index contributed by atoms with van der Waals surface area (Å²) in [5, 5.41) is 1.42. The summed E-state index contributed by atoms with van der Waals surface area (Å²) >= 11 is 18.9. The van der Waals surface area contributed by atoms with E-state index in [2.05, 4.69) is 4.98 Å². The summed E-state index contributed by atoms with van der Waals surface area (Å²) in [5.41, 5.74) is 1.54. The number of halogens is 3. The van der Waals surface area contributed by atoms with E-state index in [9.17, 15) is 0 Å². The molecule has 1 aliphatic heterocycles. The van der Waals surface area contributed by atoms with E-state index in [1.54, 1.807) is 12.1 Å². The molecular formula is C17H13Cl3N3O+. The molecule has 0 amide bonds. The quantitative estimate of drug-likeness (QED) is 0.587. The fraction of sp³-hybridized carbons (Fsp3) is 0.176. The molecule has 0 saturated heterocycles. The number of para-hydroxylation sites is 2. The second-order valence-corrected chi connectivity index (χ2v) is 6.73. The average molecular weight is 382 g/mol. The van der Waals surface area contributed by atoms with Gasteiger partial charge in [-0.3, -0.25) is 0 Å². The van der Waals surface area contributed by atoms with E-state index in [-0.39, 0.29) is 0 Å². The van der Waals surface area contributed by atoms with Crippen molar-refractivity contribution in [1.29, 1.82) is 0 Å². The van der Waals surface area contributed by atoms with Gasteiger partial charge in [0, 0.05) is 11.9 Å². The maximum absolute atomic E-state index is 6.45. The van der Waals surface area contributed by atoms with Crippen molar-refractivity contribution < 1.29 is 9.42 Å². The summed E-state index contributed by atoms with van der Waals surface area (Å²) in [6.45, 7) is 2.49.